The maximum absolute atomic E-state index is 12.8. The maximum Gasteiger partial charge on any atom is 0.253 e. The first-order valence-electron chi connectivity index (χ1n) is 9.31. The van der Waals surface area contributed by atoms with Crippen molar-refractivity contribution in [1.82, 2.24) is 9.80 Å². The predicted octanol–water partition coefficient (Wildman–Crippen LogP) is 2.46. The van der Waals surface area contributed by atoms with Gasteiger partial charge in [0, 0.05) is 37.3 Å². The van der Waals surface area contributed by atoms with E-state index in [1.54, 1.807) is 41.2 Å². The Hall–Kier alpha value is -3.28. The van der Waals surface area contributed by atoms with E-state index in [9.17, 15) is 9.59 Å². The average Bonchev–Trinajstić information content (AvgIpc) is 2.78. The van der Waals surface area contributed by atoms with Gasteiger partial charge in [0.05, 0.1) is 12.7 Å². The molecule has 144 valence electrons. The summed E-state index contributed by atoms with van der Waals surface area (Å²) in [6.45, 7) is 2.34. The second-order valence-corrected chi connectivity index (χ2v) is 6.81. The highest BCUT2D eigenvalue weighted by atomic mass is 16.5. The highest BCUT2D eigenvalue weighted by Crippen LogP contribution is 2.26. The molecule has 0 N–H and O–H groups in total. The molecular weight excluding hydrogens is 356 g/mol. The van der Waals surface area contributed by atoms with Gasteiger partial charge < -0.3 is 19.3 Å². The smallest absolute Gasteiger partial charge is 0.253 e. The van der Waals surface area contributed by atoms with Gasteiger partial charge >= 0.3 is 0 Å². The highest BCUT2D eigenvalue weighted by molar-refractivity contribution is 5.99. The number of rotatable bonds is 3. The molecule has 0 bridgehead atoms. The van der Waals surface area contributed by atoms with Gasteiger partial charge in [0.1, 0.15) is 18.1 Å². The van der Waals surface area contributed by atoms with Crippen molar-refractivity contribution < 1.29 is 19.1 Å². The van der Waals surface area contributed by atoms with Crippen LogP contribution in [0.1, 0.15) is 15.9 Å². The van der Waals surface area contributed by atoms with E-state index in [0.717, 1.165) is 17.1 Å². The highest BCUT2D eigenvalue weighted by Gasteiger charge is 2.27. The zero-order chi connectivity index (χ0) is 19.5. The van der Waals surface area contributed by atoms with Gasteiger partial charge in [-0.2, -0.15) is 0 Å². The van der Waals surface area contributed by atoms with Gasteiger partial charge in [0.25, 0.3) is 11.8 Å². The summed E-state index contributed by atoms with van der Waals surface area (Å²) in [4.78, 5) is 29.1. The van der Waals surface area contributed by atoms with E-state index in [4.69, 9.17) is 9.47 Å². The number of ether oxygens (including phenoxy) is 2. The summed E-state index contributed by atoms with van der Waals surface area (Å²) in [5, 5.41) is 0. The van der Waals surface area contributed by atoms with Crippen molar-refractivity contribution in [3.8, 4) is 11.5 Å². The van der Waals surface area contributed by atoms with Gasteiger partial charge in [-0.1, -0.05) is 18.2 Å². The lowest BCUT2D eigenvalue weighted by Crippen LogP contribution is -2.51. The quantitative estimate of drug-likeness (QED) is 0.823. The number of hydrogen-bond donors (Lipinski definition) is 0. The molecule has 2 aromatic carbocycles. The Labute approximate surface area is 164 Å². The average molecular weight is 378 g/mol. The summed E-state index contributed by atoms with van der Waals surface area (Å²) in [6, 6.07) is 14.8. The number of carbonyl (C=O) groups excluding carboxylic acids is 2. The van der Waals surface area contributed by atoms with Crippen LogP contribution in [-0.2, 0) is 4.79 Å². The van der Waals surface area contributed by atoms with Gasteiger partial charge in [-0.3, -0.25) is 9.59 Å². The third kappa shape index (κ3) is 3.58. The Kier molecular flexibility index (Phi) is 5.02. The minimum atomic E-state index is -0.0242. The second-order valence-electron chi connectivity index (χ2n) is 6.81. The number of amides is 2. The lowest BCUT2D eigenvalue weighted by atomic mass is 10.1. The molecular formula is C22H22N2O4. The Morgan fingerprint density at radius 1 is 0.893 bits per heavy atom. The molecule has 0 spiro atoms. The van der Waals surface area contributed by atoms with Gasteiger partial charge in [0.15, 0.2) is 0 Å². The molecule has 2 aromatic rings. The molecule has 28 heavy (non-hydrogen) atoms. The topological polar surface area (TPSA) is 59.1 Å². The third-order valence-electron chi connectivity index (χ3n) is 5.10. The van der Waals surface area contributed by atoms with Crippen LogP contribution >= 0.6 is 0 Å². The number of fused-ring (bicyclic) bond motifs is 1. The van der Waals surface area contributed by atoms with E-state index < -0.39 is 0 Å². The minimum Gasteiger partial charge on any atom is -0.497 e. The molecule has 2 heterocycles. The molecule has 2 amide bonds. The van der Waals surface area contributed by atoms with Crippen molar-refractivity contribution in [3.63, 3.8) is 0 Å². The number of methoxy groups -OCH3 is 1. The lowest BCUT2D eigenvalue weighted by Gasteiger charge is -2.35. The Bertz CT molecular complexity index is 912. The third-order valence-corrected chi connectivity index (χ3v) is 5.10. The van der Waals surface area contributed by atoms with E-state index in [0.29, 0.717) is 37.3 Å². The summed E-state index contributed by atoms with van der Waals surface area (Å²) in [5.41, 5.74) is 2.19. The molecule has 2 aliphatic rings. The van der Waals surface area contributed by atoms with Crippen LogP contribution in [0.25, 0.3) is 6.08 Å². The summed E-state index contributed by atoms with van der Waals surface area (Å²) in [7, 11) is 1.60. The van der Waals surface area contributed by atoms with E-state index in [-0.39, 0.29) is 18.4 Å². The maximum atomic E-state index is 12.8. The molecule has 0 unspecified atom stereocenters. The second kappa shape index (κ2) is 7.76. The van der Waals surface area contributed by atoms with Crippen molar-refractivity contribution in [2.45, 2.75) is 0 Å². The Balaban J connectivity index is 1.38. The fraction of sp³-hybridized carbons (Fsp3) is 0.273. The van der Waals surface area contributed by atoms with E-state index in [1.165, 1.54) is 0 Å². The van der Waals surface area contributed by atoms with Crippen LogP contribution in [0.3, 0.4) is 0 Å². The number of nitrogens with zero attached hydrogens (tertiary/aromatic N) is 2. The van der Waals surface area contributed by atoms with Gasteiger partial charge in [0.2, 0.25) is 0 Å². The van der Waals surface area contributed by atoms with E-state index in [1.807, 2.05) is 30.3 Å². The van der Waals surface area contributed by atoms with Gasteiger partial charge in [-0.25, -0.2) is 0 Å². The predicted molar refractivity (Wildman–Crippen MR) is 105 cm³/mol. The fourth-order valence-corrected chi connectivity index (χ4v) is 3.47. The van der Waals surface area contributed by atoms with Crippen molar-refractivity contribution >= 4 is 17.9 Å². The molecule has 0 aliphatic carbocycles. The standard InChI is InChI=1S/C22H22N2O4/c1-27-19-8-6-16(7-9-19)21(25)23-10-12-24(13-11-23)22(26)18-14-17-4-2-3-5-20(17)28-15-18/h2-9,14H,10-13,15H2,1H3. The van der Waals surface area contributed by atoms with Crippen LogP contribution in [0.5, 0.6) is 11.5 Å². The summed E-state index contributed by atoms with van der Waals surface area (Å²) in [5.74, 6) is 1.47. The number of piperazine rings is 1. The number of hydrogen-bond acceptors (Lipinski definition) is 4. The van der Waals surface area contributed by atoms with Gasteiger partial charge in [-0.15, -0.1) is 0 Å². The zero-order valence-electron chi connectivity index (χ0n) is 15.8. The Morgan fingerprint density at radius 3 is 2.21 bits per heavy atom. The minimum absolute atomic E-state index is 0.0222. The van der Waals surface area contributed by atoms with Crippen molar-refractivity contribution in [3.05, 3.63) is 65.2 Å². The normalized spacial score (nSPS) is 16.0. The van der Waals surface area contributed by atoms with E-state index >= 15 is 0 Å². The molecule has 0 saturated carbocycles. The molecule has 6 nitrogen and oxygen atoms in total. The molecule has 6 heteroatoms. The Morgan fingerprint density at radius 2 is 1.54 bits per heavy atom. The molecule has 1 saturated heterocycles. The van der Waals surface area contributed by atoms with Crippen LogP contribution in [0.2, 0.25) is 0 Å². The fourth-order valence-electron chi connectivity index (χ4n) is 3.47. The number of benzene rings is 2. The van der Waals surface area contributed by atoms with E-state index in [2.05, 4.69) is 0 Å². The van der Waals surface area contributed by atoms with Crippen LogP contribution in [0.15, 0.2) is 54.1 Å². The molecule has 0 radical (unpaired) electrons. The number of para-hydroxylation sites is 1. The lowest BCUT2D eigenvalue weighted by molar-refractivity contribution is -0.128. The van der Waals surface area contributed by atoms with Crippen molar-refractivity contribution in [2.24, 2.45) is 0 Å². The largest absolute Gasteiger partial charge is 0.497 e. The first kappa shape index (κ1) is 18.1. The first-order valence-corrected chi connectivity index (χ1v) is 9.31. The zero-order valence-corrected chi connectivity index (χ0v) is 15.8. The monoisotopic (exact) mass is 378 g/mol. The molecule has 2 aliphatic heterocycles. The molecule has 0 aromatic heterocycles. The van der Waals surface area contributed by atoms with Crippen LogP contribution < -0.4 is 9.47 Å². The molecule has 1 fully saturated rings. The van der Waals surface area contributed by atoms with Crippen molar-refractivity contribution in [1.29, 1.82) is 0 Å². The molecule has 0 atom stereocenters. The summed E-state index contributed by atoms with van der Waals surface area (Å²) < 4.78 is 10.8. The van der Waals surface area contributed by atoms with Crippen LogP contribution in [-0.4, -0.2) is 61.5 Å². The van der Waals surface area contributed by atoms with Crippen LogP contribution in [0, 0.1) is 0 Å². The SMILES string of the molecule is COc1ccc(C(=O)N2CCN(C(=O)C3=Cc4ccccc4OC3)CC2)cc1. The van der Waals surface area contributed by atoms with Gasteiger partial charge in [-0.05, 0) is 36.4 Å². The summed E-state index contributed by atoms with van der Waals surface area (Å²) >= 11 is 0. The number of carbonyl (C=O) groups is 2. The van der Waals surface area contributed by atoms with Crippen molar-refractivity contribution in [2.75, 3.05) is 39.9 Å². The first-order chi connectivity index (χ1) is 13.7. The van der Waals surface area contributed by atoms with Crippen LogP contribution in [0.4, 0.5) is 0 Å². The summed E-state index contributed by atoms with van der Waals surface area (Å²) in [6.07, 6.45) is 1.90. The molecule has 4 rings (SSSR count).